The minimum atomic E-state index is 0.483. The third-order valence-corrected chi connectivity index (χ3v) is 4.23. The molecule has 0 aliphatic carbocycles. The van der Waals surface area contributed by atoms with E-state index in [1.54, 1.807) is 0 Å². The number of halogens is 1. The molecule has 1 aliphatic rings. The standard InChI is InChI=1S/C15H23ClN2/c1-12(2)17-8-10-18(11-9-17)13(3)14-4-6-15(16)7-5-14/h4-7,12-13H,8-11H2,1-3H3. The van der Waals surface area contributed by atoms with Gasteiger partial charge in [0.25, 0.3) is 0 Å². The SMILES string of the molecule is CC(C)N1CCN(C(C)c2ccc(Cl)cc2)CC1. The Labute approximate surface area is 116 Å². The summed E-state index contributed by atoms with van der Waals surface area (Å²) in [5.41, 5.74) is 1.36. The van der Waals surface area contributed by atoms with E-state index in [1.165, 1.54) is 18.7 Å². The maximum absolute atomic E-state index is 5.94. The molecule has 1 saturated heterocycles. The van der Waals surface area contributed by atoms with E-state index in [0.717, 1.165) is 18.1 Å². The Morgan fingerprint density at radius 2 is 1.39 bits per heavy atom. The number of hydrogen-bond donors (Lipinski definition) is 0. The molecule has 0 amide bonds. The van der Waals surface area contributed by atoms with Crippen LogP contribution in [0.25, 0.3) is 0 Å². The molecule has 18 heavy (non-hydrogen) atoms. The first-order valence-electron chi connectivity index (χ1n) is 6.81. The highest BCUT2D eigenvalue weighted by atomic mass is 35.5. The van der Waals surface area contributed by atoms with Gasteiger partial charge in [-0.2, -0.15) is 0 Å². The summed E-state index contributed by atoms with van der Waals surface area (Å²) in [7, 11) is 0. The topological polar surface area (TPSA) is 6.48 Å². The van der Waals surface area contributed by atoms with Crippen LogP contribution in [0.3, 0.4) is 0 Å². The monoisotopic (exact) mass is 266 g/mol. The Balaban J connectivity index is 1.95. The molecule has 0 saturated carbocycles. The molecular formula is C15H23ClN2. The Hall–Kier alpha value is -0.570. The summed E-state index contributed by atoms with van der Waals surface area (Å²) < 4.78 is 0. The van der Waals surface area contributed by atoms with Crippen LogP contribution in [0.15, 0.2) is 24.3 Å². The lowest BCUT2D eigenvalue weighted by Gasteiger charge is -2.39. The maximum Gasteiger partial charge on any atom is 0.0406 e. The molecule has 0 bridgehead atoms. The van der Waals surface area contributed by atoms with E-state index >= 15 is 0 Å². The molecule has 100 valence electrons. The Kier molecular flexibility index (Phi) is 4.66. The summed E-state index contributed by atoms with van der Waals surface area (Å²) in [5, 5.41) is 0.815. The molecule has 0 radical (unpaired) electrons. The number of hydrogen-bond acceptors (Lipinski definition) is 2. The van der Waals surface area contributed by atoms with Crippen molar-refractivity contribution in [2.75, 3.05) is 26.2 Å². The van der Waals surface area contributed by atoms with Crippen LogP contribution in [-0.4, -0.2) is 42.0 Å². The lowest BCUT2D eigenvalue weighted by molar-refractivity contribution is 0.0834. The fraction of sp³-hybridized carbons (Fsp3) is 0.600. The fourth-order valence-electron chi connectivity index (χ4n) is 2.59. The molecule has 1 aromatic rings. The van der Waals surface area contributed by atoms with E-state index in [1.807, 2.05) is 12.1 Å². The zero-order valence-electron chi connectivity index (χ0n) is 11.6. The third kappa shape index (κ3) is 3.25. The van der Waals surface area contributed by atoms with E-state index in [4.69, 9.17) is 11.6 Å². The van der Waals surface area contributed by atoms with Crippen molar-refractivity contribution in [1.82, 2.24) is 9.80 Å². The zero-order chi connectivity index (χ0) is 13.1. The second-order valence-corrected chi connectivity index (χ2v) is 5.83. The van der Waals surface area contributed by atoms with Crippen molar-refractivity contribution in [3.8, 4) is 0 Å². The molecule has 0 spiro atoms. The maximum atomic E-state index is 5.94. The highest BCUT2D eigenvalue weighted by Crippen LogP contribution is 2.23. The first kappa shape index (κ1) is 13.9. The minimum Gasteiger partial charge on any atom is -0.298 e. The molecule has 1 heterocycles. The van der Waals surface area contributed by atoms with Gasteiger partial charge in [0.1, 0.15) is 0 Å². The highest BCUT2D eigenvalue weighted by molar-refractivity contribution is 6.30. The Morgan fingerprint density at radius 1 is 0.889 bits per heavy atom. The number of rotatable bonds is 3. The van der Waals surface area contributed by atoms with E-state index in [9.17, 15) is 0 Å². The van der Waals surface area contributed by atoms with Gasteiger partial charge < -0.3 is 0 Å². The minimum absolute atomic E-state index is 0.483. The second kappa shape index (κ2) is 6.05. The van der Waals surface area contributed by atoms with Gasteiger partial charge in [-0.15, -0.1) is 0 Å². The van der Waals surface area contributed by atoms with Gasteiger partial charge in [-0.05, 0) is 38.5 Å². The average Bonchev–Trinajstić information content (AvgIpc) is 2.39. The van der Waals surface area contributed by atoms with Crippen molar-refractivity contribution in [3.63, 3.8) is 0 Å². The number of nitrogens with zero attached hydrogens (tertiary/aromatic N) is 2. The molecule has 0 aromatic heterocycles. The summed E-state index contributed by atoms with van der Waals surface area (Å²) in [6.07, 6.45) is 0. The first-order valence-corrected chi connectivity index (χ1v) is 7.19. The predicted molar refractivity (Wildman–Crippen MR) is 78.1 cm³/mol. The molecule has 2 nitrogen and oxygen atoms in total. The predicted octanol–water partition coefficient (Wildman–Crippen LogP) is 3.43. The quantitative estimate of drug-likeness (QED) is 0.827. The molecular weight excluding hydrogens is 244 g/mol. The van der Waals surface area contributed by atoms with E-state index < -0.39 is 0 Å². The lowest BCUT2D eigenvalue weighted by atomic mass is 10.1. The molecule has 2 rings (SSSR count). The van der Waals surface area contributed by atoms with Crippen molar-refractivity contribution in [1.29, 1.82) is 0 Å². The molecule has 1 aromatic carbocycles. The van der Waals surface area contributed by atoms with Crippen LogP contribution in [0.2, 0.25) is 5.02 Å². The van der Waals surface area contributed by atoms with Gasteiger partial charge >= 0.3 is 0 Å². The van der Waals surface area contributed by atoms with Crippen LogP contribution in [0.4, 0.5) is 0 Å². The van der Waals surface area contributed by atoms with Gasteiger partial charge in [-0.3, -0.25) is 9.80 Å². The van der Waals surface area contributed by atoms with Crippen LogP contribution >= 0.6 is 11.6 Å². The number of benzene rings is 1. The fourth-order valence-corrected chi connectivity index (χ4v) is 2.72. The van der Waals surface area contributed by atoms with Crippen molar-refractivity contribution in [2.24, 2.45) is 0 Å². The average molecular weight is 267 g/mol. The molecule has 1 fully saturated rings. The van der Waals surface area contributed by atoms with Gasteiger partial charge in [0.15, 0.2) is 0 Å². The Morgan fingerprint density at radius 3 is 1.89 bits per heavy atom. The van der Waals surface area contributed by atoms with Gasteiger partial charge in [0, 0.05) is 43.3 Å². The van der Waals surface area contributed by atoms with E-state index in [0.29, 0.717) is 12.1 Å². The third-order valence-electron chi connectivity index (χ3n) is 3.98. The smallest absolute Gasteiger partial charge is 0.0406 e. The summed E-state index contributed by atoms with van der Waals surface area (Å²) >= 11 is 5.94. The van der Waals surface area contributed by atoms with Gasteiger partial charge in [0.05, 0.1) is 0 Å². The van der Waals surface area contributed by atoms with Crippen LogP contribution < -0.4 is 0 Å². The van der Waals surface area contributed by atoms with Crippen molar-refractivity contribution >= 4 is 11.6 Å². The van der Waals surface area contributed by atoms with Crippen molar-refractivity contribution in [2.45, 2.75) is 32.9 Å². The summed E-state index contributed by atoms with van der Waals surface area (Å²) in [6, 6.07) is 9.40. The molecule has 0 N–H and O–H groups in total. The van der Waals surface area contributed by atoms with Crippen LogP contribution in [0.5, 0.6) is 0 Å². The number of piperazine rings is 1. The zero-order valence-corrected chi connectivity index (χ0v) is 12.3. The summed E-state index contributed by atoms with van der Waals surface area (Å²) in [6.45, 7) is 11.5. The van der Waals surface area contributed by atoms with Gasteiger partial charge in [0.2, 0.25) is 0 Å². The summed E-state index contributed by atoms with van der Waals surface area (Å²) in [5.74, 6) is 0. The summed E-state index contributed by atoms with van der Waals surface area (Å²) in [4.78, 5) is 5.10. The molecule has 1 unspecified atom stereocenters. The van der Waals surface area contributed by atoms with Gasteiger partial charge in [-0.1, -0.05) is 23.7 Å². The van der Waals surface area contributed by atoms with E-state index in [2.05, 4.69) is 42.7 Å². The van der Waals surface area contributed by atoms with Crippen molar-refractivity contribution < 1.29 is 0 Å². The van der Waals surface area contributed by atoms with Crippen molar-refractivity contribution in [3.05, 3.63) is 34.9 Å². The normalized spacial score (nSPS) is 20.3. The Bertz CT molecular complexity index is 367. The van der Waals surface area contributed by atoms with Crippen LogP contribution in [0, 0.1) is 0 Å². The molecule has 3 heteroatoms. The molecule has 1 atom stereocenters. The molecule has 1 aliphatic heterocycles. The van der Waals surface area contributed by atoms with Crippen LogP contribution in [-0.2, 0) is 0 Å². The van der Waals surface area contributed by atoms with Crippen LogP contribution in [0.1, 0.15) is 32.4 Å². The highest BCUT2D eigenvalue weighted by Gasteiger charge is 2.22. The first-order chi connectivity index (χ1) is 8.58. The van der Waals surface area contributed by atoms with E-state index in [-0.39, 0.29) is 0 Å². The lowest BCUT2D eigenvalue weighted by Crippen LogP contribution is -2.49. The largest absolute Gasteiger partial charge is 0.298 e. The second-order valence-electron chi connectivity index (χ2n) is 5.39. The van der Waals surface area contributed by atoms with Gasteiger partial charge in [-0.25, -0.2) is 0 Å².